The molecule has 160 valence electrons. The molecule has 32 heavy (non-hydrogen) atoms. The summed E-state index contributed by atoms with van der Waals surface area (Å²) in [6, 6.07) is 16.6. The van der Waals surface area contributed by atoms with Gasteiger partial charge in [0.25, 0.3) is 5.91 Å². The van der Waals surface area contributed by atoms with Crippen LogP contribution in [0.4, 0.5) is 0 Å². The maximum absolute atomic E-state index is 13.6. The van der Waals surface area contributed by atoms with Crippen LogP contribution in [0, 0.1) is 0 Å². The topological polar surface area (TPSA) is 63.4 Å². The molecule has 5 nitrogen and oxygen atoms in total. The van der Waals surface area contributed by atoms with Crippen LogP contribution in [-0.2, 0) is 6.54 Å². The van der Waals surface area contributed by atoms with E-state index >= 15 is 0 Å². The summed E-state index contributed by atoms with van der Waals surface area (Å²) in [5.74, 6) is 0.217. The van der Waals surface area contributed by atoms with Crippen molar-refractivity contribution >= 4 is 32.8 Å². The molecule has 0 saturated heterocycles. The highest BCUT2D eigenvalue weighted by Crippen LogP contribution is 2.39. The molecule has 0 aliphatic carbocycles. The van der Waals surface area contributed by atoms with E-state index < -0.39 is 6.04 Å². The van der Waals surface area contributed by atoms with Gasteiger partial charge in [-0.15, -0.1) is 0 Å². The predicted octanol–water partition coefficient (Wildman–Crippen LogP) is 5.82. The number of carbonyl (C=O) groups excluding carboxylic acids is 1. The summed E-state index contributed by atoms with van der Waals surface area (Å²) in [7, 11) is 0. The molecule has 3 heterocycles. The second kappa shape index (κ2) is 8.02. The van der Waals surface area contributed by atoms with Crippen molar-refractivity contribution in [3.8, 4) is 0 Å². The smallest absolute Gasteiger partial charge is 0.291 e. The van der Waals surface area contributed by atoms with Gasteiger partial charge in [-0.25, -0.2) is 0 Å². The third-order valence-electron chi connectivity index (χ3n) is 5.92. The molecule has 0 spiro atoms. The number of fused-ring (bicyclic) bond motifs is 2. The molecule has 1 aliphatic heterocycles. The van der Waals surface area contributed by atoms with Gasteiger partial charge in [0.15, 0.2) is 5.43 Å². The summed E-state index contributed by atoms with van der Waals surface area (Å²) in [6.45, 7) is 4.60. The first-order valence-electron chi connectivity index (χ1n) is 10.5. The molecule has 0 saturated carbocycles. The molecule has 1 amide bonds. The van der Waals surface area contributed by atoms with Crippen molar-refractivity contribution < 1.29 is 9.21 Å². The standard InChI is InChI=1S/C26H21BrN2O3/c1-15(2)17-5-7-18(8-6-17)23-22-24(30)20-12-19(27)9-10-21(20)32-25(22)26(31)29(23)14-16-4-3-11-28-13-16/h3-13,15,23H,14H2,1-2H3. The van der Waals surface area contributed by atoms with Crippen LogP contribution in [0.25, 0.3) is 11.0 Å². The predicted molar refractivity (Wildman–Crippen MR) is 127 cm³/mol. The summed E-state index contributed by atoms with van der Waals surface area (Å²) in [4.78, 5) is 33.0. The zero-order valence-electron chi connectivity index (χ0n) is 17.7. The molecule has 0 fully saturated rings. The van der Waals surface area contributed by atoms with Crippen molar-refractivity contribution in [2.45, 2.75) is 32.4 Å². The average molecular weight is 489 g/mol. The Morgan fingerprint density at radius 1 is 1.09 bits per heavy atom. The fourth-order valence-corrected chi connectivity index (χ4v) is 4.61. The van der Waals surface area contributed by atoms with Gasteiger partial charge in [0.05, 0.1) is 17.0 Å². The van der Waals surface area contributed by atoms with E-state index in [0.29, 0.717) is 29.0 Å². The third-order valence-corrected chi connectivity index (χ3v) is 6.42. The zero-order chi connectivity index (χ0) is 22.4. The van der Waals surface area contributed by atoms with Crippen LogP contribution < -0.4 is 5.43 Å². The van der Waals surface area contributed by atoms with E-state index in [-0.39, 0.29) is 17.1 Å². The second-order valence-electron chi connectivity index (χ2n) is 8.33. The SMILES string of the molecule is CC(C)c1ccc(C2c3c(oc4ccc(Br)cc4c3=O)C(=O)N2Cc2cccnc2)cc1. The summed E-state index contributed by atoms with van der Waals surface area (Å²) in [5, 5.41) is 0.456. The van der Waals surface area contributed by atoms with Crippen LogP contribution >= 0.6 is 15.9 Å². The number of rotatable bonds is 4. The highest BCUT2D eigenvalue weighted by molar-refractivity contribution is 9.10. The number of benzene rings is 2. The number of carbonyl (C=O) groups is 1. The summed E-state index contributed by atoms with van der Waals surface area (Å²) in [5.41, 5.74) is 3.59. The Morgan fingerprint density at radius 3 is 2.56 bits per heavy atom. The molecule has 5 rings (SSSR count). The highest BCUT2D eigenvalue weighted by Gasteiger charge is 2.42. The highest BCUT2D eigenvalue weighted by atomic mass is 79.9. The lowest BCUT2D eigenvalue weighted by atomic mass is 9.95. The molecule has 2 aromatic heterocycles. The first-order chi connectivity index (χ1) is 15.4. The number of amides is 1. The summed E-state index contributed by atoms with van der Waals surface area (Å²) in [6.07, 6.45) is 3.43. The molecule has 0 radical (unpaired) electrons. The van der Waals surface area contributed by atoms with Gasteiger partial charge in [0, 0.05) is 23.4 Å². The first kappa shape index (κ1) is 20.6. The number of pyridine rings is 1. The fourth-order valence-electron chi connectivity index (χ4n) is 4.25. The summed E-state index contributed by atoms with van der Waals surface area (Å²) < 4.78 is 6.79. The Balaban J connectivity index is 1.71. The number of aromatic nitrogens is 1. The van der Waals surface area contributed by atoms with Crippen molar-refractivity contribution in [1.29, 1.82) is 0 Å². The fraction of sp³-hybridized carbons (Fsp3) is 0.192. The van der Waals surface area contributed by atoms with E-state index in [0.717, 1.165) is 15.6 Å². The minimum absolute atomic E-state index is 0.117. The van der Waals surface area contributed by atoms with Crippen LogP contribution in [-0.4, -0.2) is 15.8 Å². The first-order valence-corrected chi connectivity index (χ1v) is 11.3. The van der Waals surface area contributed by atoms with Crippen molar-refractivity contribution in [2.75, 3.05) is 0 Å². The van der Waals surface area contributed by atoms with Crippen molar-refractivity contribution in [2.24, 2.45) is 0 Å². The third kappa shape index (κ3) is 3.45. The Labute approximate surface area is 193 Å². The molecule has 1 atom stereocenters. The van der Waals surface area contributed by atoms with Crippen molar-refractivity contribution in [3.63, 3.8) is 0 Å². The Morgan fingerprint density at radius 2 is 1.88 bits per heavy atom. The van der Waals surface area contributed by atoms with Crippen LogP contribution in [0.5, 0.6) is 0 Å². The largest absolute Gasteiger partial charge is 0.450 e. The molecule has 1 unspecified atom stereocenters. The van der Waals surface area contributed by atoms with Gasteiger partial charge in [-0.05, 0) is 46.9 Å². The molecule has 0 N–H and O–H groups in total. The molecule has 1 aliphatic rings. The number of halogens is 1. The molecule has 0 bridgehead atoms. The molecule has 4 aromatic rings. The van der Waals surface area contributed by atoms with Crippen LogP contribution in [0.3, 0.4) is 0 Å². The van der Waals surface area contributed by atoms with Gasteiger partial charge in [-0.2, -0.15) is 0 Å². The van der Waals surface area contributed by atoms with Gasteiger partial charge >= 0.3 is 0 Å². The van der Waals surface area contributed by atoms with E-state index in [2.05, 4.69) is 46.9 Å². The van der Waals surface area contributed by atoms with Gasteiger partial charge in [0.2, 0.25) is 5.76 Å². The molecule has 6 heteroatoms. The average Bonchev–Trinajstić information content (AvgIpc) is 3.07. The maximum Gasteiger partial charge on any atom is 0.291 e. The van der Waals surface area contributed by atoms with E-state index in [1.54, 1.807) is 35.5 Å². The van der Waals surface area contributed by atoms with Crippen molar-refractivity contribution in [1.82, 2.24) is 9.88 Å². The number of hydrogen-bond donors (Lipinski definition) is 0. The number of hydrogen-bond acceptors (Lipinski definition) is 4. The zero-order valence-corrected chi connectivity index (χ0v) is 19.3. The monoisotopic (exact) mass is 488 g/mol. The van der Waals surface area contributed by atoms with Crippen LogP contribution in [0.1, 0.15) is 58.6 Å². The van der Waals surface area contributed by atoms with Crippen molar-refractivity contribution in [3.05, 3.63) is 110 Å². The minimum atomic E-state index is -0.529. The normalized spacial score (nSPS) is 15.6. The van der Waals surface area contributed by atoms with Gasteiger partial charge in [-0.3, -0.25) is 14.6 Å². The second-order valence-corrected chi connectivity index (χ2v) is 9.25. The Bertz CT molecular complexity index is 1380. The molecular weight excluding hydrogens is 468 g/mol. The van der Waals surface area contributed by atoms with Gasteiger partial charge in [0.1, 0.15) is 5.58 Å². The van der Waals surface area contributed by atoms with Gasteiger partial charge in [-0.1, -0.05) is 60.1 Å². The van der Waals surface area contributed by atoms with E-state index in [1.165, 1.54) is 5.56 Å². The minimum Gasteiger partial charge on any atom is -0.450 e. The van der Waals surface area contributed by atoms with E-state index in [4.69, 9.17) is 4.42 Å². The lowest BCUT2D eigenvalue weighted by molar-refractivity contribution is 0.0714. The van der Waals surface area contributed by atoms with Gasteiger partial charge < -0.3 is 9.32 Å². The Hall–Kier alpha value is -3.25. The van der Waals surface area contributed by atoms with E-state index in [1.807, 2.05) is 24.3 Å². The maximum atomic E-state index is 13.6. The molecular formula is C26H21BrN2O3. The van der Waals surface area contributed by atoms with Crippen LogP contribution in [0.15, 0.2) is 80.7 Å². The lowest BCUT2D eigenvalue weighted by Gasteiger charge is -2.25. The Kier molecular flexibility index (Phi) is 5.18. The van der Waals surface area contributed by atoms with E-state index in [9.17, 15) is 9.59 Å². The van der Waals surface area contributed by atoms with Crippen LogP contribution in [0.2, 0.25) is 0 Å². The molecule has 2 aromatic carbocycles. The summed E-state index contributed by atoms with van der Waals surface area (Å²) >= 11 is 3.43. The number of nitrogens with zero attached hydrogens (tertiary/aromatic N) is 2. The lowest BCUT2D eigenvalue weighted by Crippen LogP contribution is -2.29. The quantitative estimate of drug-likeness (QED) is 0.363.